The molecule has 0 saturated heterocycles. The number of rotatable bonds is 4. The van der Waals surface area contributed by atoms with Gasteiger partial charge in [0, 0.05) is 0 Å². The molecule has 2 rings (SSSR count). The molecule has 0 aromatic heterocycles. The maximum absolute atomic E-state index is 11.4. The minimum atomic E-state index is -2.80. The van der Waals surface area contributed by atoms with Crippen molar-refractivity contribution in [3.05, 3.63) is 0 Å². The highest BCUT2D eigenvalue weighted by atomic mass is 32.2. The summed E-state index contributed by atoms with van der Waals surface area (Å²) < 4.78 is 44.7. The minimum Gasteiger partial charge on any atom is -0.228 e. The Kier molecular flexibility index (Phi) is 4.78. The van der Waals surface area contributed by atoms with Crippen LogP contribution in [0.1, 0.15) is 60.3 Å². The van der Waals surface area contributed by atoms with Crippen LogP contribution in [0.3, 0.4) is 0 Å². The Morgan fingerprint density at radius 3 is 1.42 bits per heavy atom. The van der Waals surface area contributed by atoms with Gasteiger partial charge in [-0.3, -0.25) is 0 Å². The zero-order valence-corrected chi connectivity index (χ0v) is 14.1. The normalized spacial score (nSPS) is 22.1. The van der Waals surface area contributed by atoms with Gasteiger partial charge < -0.3 is 0 Å². The fourth-order valence-corrected chi connectivity index (χ4v) is 5.18. The molecule has 19 heavy (non-hydrogen) atoms. The third-order valence-corrected chi connectivity index (χ3v) is 9.65. The third kappa shape index (κ3) is 3.72. The SMILES string of the molecule is CC(C)S(=O)(=O)C1(C)CC1.CC(C)S(=O)(=O)C1CC1. The maximum Gasteiger partial charge on any atom is 0.158 e. The molecule has 0 atom stereocenters. The quantitative estimate of drug-likeness (QED) is 0.799. The van der Waals surface area contributed by atoms with Gasteiger partial charge >= 0.3 is 0 Å². The zero-order chi connectivity index (χ0) is 15.1. The van der Waals surface area contributed by atoms with E-state index in [2.05, 4.69) is 0 Å². The molecule has 2 aliphatic rings. The van der Waals surface area contributed by atoms with Gasteiger partial charge in [0.25, 0.3) is 0 Å². The summed E-state index contributed by atoms with van der Waals surface area (Å²) in [5.74, 6) is 0. The summed E-state index contributed by atoms with van der Waals surface area (Å²) in [6.07, 6.45) is 3.49. The first kappa shape index (κ1) is 17.0. The van der Waals surface area contributed by atoms with Crippen LogP contribution in [-0.2, 0) is 19.7 Å². The van der Waals surface area contributed by atoms with Gasteiger partial charge in [0.2, 0.25) is 0 Å². The number of hydrogen-bond donors (Lipinski definition) is 0. The lowest BCUT2D eigenvalue weighted by Gasteiger charge is -2.12. The van der Waals surface area contributed by atoms with Crippen LogP contribution in [0, 0.1) is 0 Å². The summed E-state index contributed by atoms with van der Waals surface area (Å²) in [7, 11) is -5.51. The first-order valence-corrected chi connectivity index (χ1v) is 10.1. The molecule has 2 aliphatic carbocycles. The van der Waals surface area contributed by atoms with Gasteiger partial charge in [-0.25, -0.2) is 16.8 Å². The van der Waals surface area contributed by atoms with E-state index in [1.807, 2.05) is 6.92 Å². The van der Waals surface area contributed by atoms with Gasteiger partial charge in [0.05, 0.1) is 20.5 Å². The van der Waals surface area contributed by atoms with Crippen LogP contribution in [0.5, 0.6) is 0 Å². The molecule has 4 nitrogen and oxygen atoms in total. The van der Waals surface area contributed by atoms with Crippen molar-refractivity contribution in [3.8, 4) is 0 Å². The average molecular weight is 310 g/mol. The largest absolute Gasteiger partial charge is 0.228 e. The fourth-order valence-electron chi connectivity index (χ4n) is 1.81. The monoisotopic (exact) mass is 310 g/mol. The highest BCUT2D eigenvalue weighted by molar-refractivity contribution is 7.93. The van der Waals surface area contributed by atoms with E-state index in [1.165, 1.54) is 0 Å². The molecule has 6 heteroatoms. The summed E-state index contributed by atoms with van der Waals surface area (Å²) >= 11 is 0. The molecule has 0 bridgehead atoms. The minimum absolute atomic E-state index is 0.0116. The molecule has 2 saturated carbocycles. The molecule has 0 unspecified atom stereocenters. The molecule has 0 spiro atoms. The lowest BCUT2D eigenvalue weighted by atomic mass is 10.5. The van der Waals surface area contributed by atoms with Crippen molar-refractivity contribution in [3.63, 3.8) is 0 Å². The molecule has 0 aromatic carbocycles. The predicted octanol–water partition coefficient (Wildman–Crippen LogP) is 2.33. The van der Waals surface area contributed by atoms with E-state index in [0.29, 0.717) is 0 Å². The number of hydrogen-bond acceptors (Lipinski definition) is 4. The van der Waals surface area contributed by atoms with Crippen molar-refractivity contribution >= 4 is 19.7 Å². The summed E-state index contributed by atoms with van der Waals surface area (Å²) in [5, 5.41) is -0.373. The molecule has 0 N–H and O–H groups in total. The fraction of sp³-hybridized carbons (Fsp3) is 1.00. The van der Waals surface area contributed by atoms with E-state index in [9.17, 15) is 16.8 Å². The Morgan fingerprint density at radius 2 is 1.32 bits per heavy atom. The molecule has 2 fully saturated rings. The molecular weight excluding hydrogens is 284 g/mol. The summed E-state index contributed by atoms with van der Waals surface area (Å²) in [6, 6.07) is 0. The van der Waals surface area contributed by atoms with Gasteiger partial charge in [-0.05, 0) is 60.3 Å². The maximum atomic E-state index is 11.4. The van der Waals surface area contributed by atoms with Crippen LogP contribution in [0.4, 0.5) is 0 Å². The van der Waals surface area contributed by atoms with Crippen LogP contribution in [0.15, 0.2) is 0 Å². The standard InChI is InChI=1S/C7H14O2S.C6H12O2S/c1-6(2)10(8,9)7(3)4-5-7;1-5(2)9(7,8)6-3-4-6/h6H,4-5H2,1-3H3;5-6H,3-4H2,1-2H3. The lowest BCUT2D eigenvalue weighted by molar-refractivity contribution is 0.572. The Bertz CT molecular complexity index is 499. The topological polar surface area (TPSA) is 68.3 Å². The van der Waals surface area contributed by atoms with E-state index >= 15 is 0 Å². The highest BCUT2D eigenvalue weighted by Crippen LogP contribution is 2.44. The molecule has 0 amide bonds. The molecule has 0 aromatic rings. The van der Waals surface area contributed by atoms with E-state index < -0.39 is 19.7 Å². The van der Waals surface area contributed by atoms with Crippen molar-refractivity contribution < 1.29 is 16.8 Å². The first-order chi connectivity index (χ1) is 8.45. The van der Waals surface area contributed by atoms with Crippen molar-refractivity contribution in [2.45, 2.75) is 80.8 Å². The van der Waals surface area contributed by atoms with Crippen LogP contribution in [-0.4, -0.2) is 37.3 Å². The predicted molar refractivity (Wildman–Crippen MR) is 78.8 cm³/mol. The van der Waals surface area contributed by atoms with E-state index in [0.717, 1.165) is 25.7 Å². The second kappa shape index (κ2) is 5.35. The Balaban J connectivity index is 0.000000191. The van der Waals surface area contributed by atoms with Crippen molar-refractivity contribution in [2.24, 2.45) is 0 Å². The van der Waals surface area contributed by atoms with E-state index in [-0.39, 0.29) is 20.5 Å². The second-order valence-electron chi connectivity index (χ2n) is 6.38. The Morgan fingerprint density at radius 1 is 0.895 bits per heavy atom. The Labute approximate surface area is 117 Å². The molecule has 114 valence electrons. The smallest absolute Gasteiger partial charge is 0.158 e. The van der Waals surface area contributed by atoms with Gasteiger partial charge in [-0.1, -0.05) is 0 Å². The molecule has 0 radical (unpaired) electrons. The van der Waals surface area contributed by atoms with Gasteiger partial charge in [0.1, 0.15) is 0 Å². The van der Waals surface area contributed by atoms with Gasteiger partial charge in [0.15, 0.2) is 19.7 Å². The van der Waals surface area contributed by atoms with Gasteiger partial charge in [-0.15, -0.1) is 0 Å². The van der Waals surface area contributed by atoms with Crippen molar-refractivity contribution in [1.82, 2.24) is 0 Å². The van der Waals surface area contributed by atoms with Crippen LogP contribution < -0.4 is 0 Å². The van der Waals surface area contributed by atoms with Crippen LogP contribution >= 0.6 is 0 Å². The summed E-state index contributed by atoms with van der Waals surface area (Å²) in [6.45, 7) is 8.82. The zero-order valence-electron chi connectivity index (χ0n) is 12.5. The molecular formula is C13H26O4S2. The van der Waals surface area contributed by atoms with E-state index in [4.69, 9.17) is 0 Å². The second-order valence-corrected chi connectivity index (χ2v) is 12.2. The average Bonchev–Trinajstić information content (AvgIpc) is 3.11. The Hall–Kier alpha value is -0.100. The van der Waals surface area contributed by atoms with Gasteiger partial charge in [-0.2, -0.15) is 0 Å². The van der Waals surface area contributed by atoms with Crippen molar-refractivity contribution in [1.29, 1.82) is 0 Å². The third-order valence-electron chi connectivity index (χ3n) is 3.91. The molecule has 0 heterocycles. The highest BCUT2D eigenvalue weighted by Gasteiger charge is 2.50. The van der Waals surface area contributed by atoms with Crippen LogP contribution in [0.25, 0.3) is 0 Å². The summed E-state index contributed by atoms with van der Waals surface area (Å²) in [4.78, 5) is 0. The lowest BCUT2D eigenvalue weighted by Crippen LogP contribution is -2.27. The van der Waals surface area contributed by atoms with Crippen molar-refractivity contribution in [2.75, 3.05) is 0 Å². The first-order valence-electron chi connectivity index (χ1n) is 6.91. The summed E-state index contributed by atoms with van der Waals surface area (Å²) in [5.41, 5.74) is 0. The number of sulfone groups is 2. The van der Waals surface area contributed by atoms with Crippen LogP contribution in [0.2, 0.25) is 0 Å². The van der Waals surface area contributed by atoms with E-state index in [1.54, 1.807) is 27.7 Å². The molecule has 0 aliphatic heterocycles.